The molecule has 1 N–H and O–H groups in total. The maximum absolute atomic E-state index is 13.5. The monoisotopic (exact) mass is 469 g/mol. The van der Waals surface area contributed by atoms with Gasteiger partial charge in [-0.3, -0.25) is 0 Å². The van der Waals surface area contributed by atoms with Crippen molar-refractivity contribution >= 4 is 22.5 Å². The number of methoxy groups -OCH3 is 1. The number of anilines is 2. The van der Waals surface area contributed by atoms with E-state index in [-0.39, 0.29) is 5.82 Å². The van der Waals surface area contributed by atoms with Gasteiger partial charge in [0.2, 0.25) is 0 Å². The summed E-state index contributed by atoms with van der Waals surface area (Å²) in [7, 11) is 3.58. The number of pyridine rings is 1. The largest absolute Gasteiger partial charge is 0.494 e. The molecular formula is C26H24FN7O. The Hall–Kier alpha value is -4.27. The van der Waals surface area contributed by atoms with Crippen LogP contribution in [-0.4, -0.2) is 36.4 Å². The minimum atomic E-state index is -0.275. The van der Waals surface area contributed by atoms with E-state index in [2.05, 4.69) is 21.5 Å². The molecule has 0 atom stereocenters. The second-order valence-corrected chi connectivity index (χ2v) is 8.79. The van der Waals surface area contributed by atoms with Gasteiger partial charge in [0.1, 0.15) is 40.7 Å². The maximum Gasteiger partial charge on any atom is 0.162 e. The zero-order valence-corrected chi connectivity index (χ0v) is 19.7. The van der Waals surface area contributed by atoms with Gasteiger partial charge in [0, 0.05) is 36.0 Å². The van der Waals surface area contributed by atoms with Gasteiger partial charge in [-0.2, -0.15) is 5.10 Å². The molecule has 0 radical (unpaired) electrons. The molecule has 0 aliphatic heterocycles. The van der Waals surface area contributed by atoms with E-state index in [9.17, 15) is 4.39 Å². The predicted molar refractivity (Wildman–Crippen MR) is 132 cm³/mol. The van der Waals surface area contributed by atoms with Gasteiger partial charge in [-0.1, -0.05) is 0 Å². The Bertz CT molecular complexity index is 1550. The quantitative estimate of drug-likeness (QED) is 0.364. The van der Waals surface area contributed by atoms with Crippen LogP contribution in [0, 0.1) is 12.7 Å². The molecule has 9 heteroatoms. The van der Waals surface area contributed by atoms with Crippen molar-refractivity contribution in [2.24, 2.45) is 7.05 Å². The van der Waals surface area contributed by atoms with Crippen molar-refractivity contribution in [3.05, 3.63) is 72.2 Å². The molecule has 8 nitrogen and oxygen atoms in total. The molecular weight excluding hydrogens is 445 g/mol. The zero-order valence-electron chi connectivity index (χ0n) is 19.7. The number of nitrogens with one attached hydrogen (secondary N) is 1. The number of imidazole rings is 1. The van der Waals surface area contributed by atoms with Crippen LogP contribution in [0.25, 0.3) is 28.2 Å². The lowest BCUT2D eigenvalue weighted by atomic mass is 10.2. The first kappa shape index (κ1) is 21.3. The summed E-state index contributed by atoms with van der Waals surface area (Å²) >= 11 is 0. The van der Waals surface area contributed by atoms with E-state index in [4.69, 9.17) is 14.7 Å². The summed E-state index contributed by atoms with van der Waals surface area (Å²) < 4.78 is 22.8. The highest BCUT2D eigenvalue weighted by molar-refractivity contribution is 5.91. The van der Waals surface area contributed by atoms with E-state index < -0.39 is 0 Å². The Labute approximate surface area is 201 Å². The van der Waals surface area contributed by atoms with E-state index in [1.807, 2.05) is 36.7 Å². The van der Waals surface area contributed by atoms with Crippen LogP contribution in [0.5, 0.6) is 5.75 Å². The lowest BCUT2D eigenvalue weighted by Gasteiger charge is -2.13. The van der Waals surface area contributed by atoms with Crippen LogP contribution in [0.15, 0.2) is 54.9 Å². The molecule has 1 fully saturated rings. The average molecular weight is 470 g/mol. The maximum atomic E-state index is 13.5. The average Bonchev–Trinajstić information content (AvgIpc) is 3.55. The lowest BCUT2D eigenvalue weighted by molar-refractivity contribution is 0.412. The van der Waals surface area contributed by atoms with Crippen LogP contribution < -0.4 is 10.1 Å². The molecule has 5 aromatic rings. The Balaban J connectivity index is 1.44. The first-order chi connectivity index (χ1) is 17.0. The number of halogens is 1. The van der Waals surface area contributed by atoms with Gasteiger partial charge in [0.15, 0.2) is 5.65 Å². The van der Waals surface area contributed by atoms with Crippen LogP contribution in [0.2, 0.25) is 0 Å². The van der Waals surface area contributed by atoms with Gasteiger partial charge < -0.3 is 14.6 Å². The predicted octanol–water partition coefficient (Wildman–Crippen LogP) is 5.29. The normalized spacial score (nSPS) is 13.4. The third-order valence-corrected chi connectivity index (χ3v) is 6.26. The number of nitrogens with zero attached hydrogens (tertiary/aromatic N) is 6. The van der Waals surface area contributed by atoms with E-state index in [0.717, 1.165) is 58.1 Å². The van der Waals surface area contributed by atoms with E-state index in [1.54, 1.807) is 30.3 Å². The van der Waals surface area contributed by atoms with Crippen molar-refractivity contribution in [1.82, 2.24) is 29.3 Å². The van der Waals surface area contributed by atoms with Crippen molar-refractivity contribution in [3.8, 4) is 22.8 Å². The number of hydrogen-bond donors (Lipinski definition) is 1. The van der Waals surface area contributed by atoms with Gasteiger partial charge in [0.25, 0.3) is 0 Å². The summed E-state index contributed by atoms with van der Waals surface area (Å²) in [4.78, 5) is 14.0. The standard InChI is InChI=1S/C26H24FN7O/c1-15-28-14-34(32-15)22-11-10-19(12-23(22)35-3)29-21-13-20(16-4-5-16)30-26-24(21)31-25(33(26)2)17-6-8-18(27)9-7-17/h6-14,16H,4-5H2,1-3H3,(H,29,30). The molecule has 3 heterocycles. The van der Waals surface area contributed by atoms with Crippen LogP contribution >= 0.6 is 0 Å². The minimum absolute atomic E-state index is 0.275. The van der Waals surface area contributed by atoms with Crippen LogP contribution in [0.3, 0.4) is 0 Å². The number of hydrogen-bond acceptors (Lipinski definition) is 6. The fourth-order valence-corrected chi connectivity index (χ4v) is 4.27. The molecule has 0 spiro atoms. The zero-order chi connectivity index (χ0) is 24.1. The summed E-state index contributed by atoms with van der Waals surface area (Å²) in [6.07, 6.45) is 3.94. The Morgan fingerprint density at radius 2 is 1.86 bits per heavy atom. The van der Waals surface area contributed by atoms with E-state index in [0.29, 0.717) is 17.5 Å². The molecule has 3 aromatic heterocycles. The highest BCUT2D eigenvalue weighted by Gasteiger charge is 2.27. The Kier molecular flexibility index (Phi) is 4.98. The summed E-state index contributed by atoms with van der Waals surface area (Å²) in [6, 6.07) is 14.3. The summed E-state index contributed by atoms with van der Waals surface area (Å²) in [6.45, 7) is 1.85. The molecule has 6 rings (SSSR count). The topological polar surface area (TPSA) is 82.7 Å². The highest BCUT2D eigenvalue weighted by Crippen LogP contribution is 2.42. The fraction of sp³-hybridized carbons (Fsp3) is 0.231. The minimum Gasteiger partial charge on any atom is -0.494 e. The first-order valence-electron chi connectivity index (χ1n) is 11.5. The van der Waals surface area contributed by atoms with Gasteiger partial charge >= 0.3 is 0 Å². The van der Waals surface area contributed by atoms with Gasteiger partial charge in [0.05, 0.1) is 12.8 Å². The van der Waals surface area contributed by atoms with Crippen molar-refractivity contribution in [2.75, 3.05) is 12.4 Å². The molecule has 0 amide bonds. The van der Waals surface area contributed by atoms with Crippen LogP contribution in [0.1, 0.15) is 30.3 Å². The van der Waals surface area contributed by atoms with Crippen molar-refractivity contribution in [1.29, 1.82) is 0 Å². The van der Waals surface area contributed by atoms with Gasteiger partial charge in [-0.25, -0.2) is 24.0 Å². The van der Waals surface area contributed by atoms with Crippen LogP contribution in [-0.2, 0) is 7.05 Å². The molecule has 1 aliphatic carbocycles. The second-order valence-electron chi connectivity index (χ2n) is 8.79. The smallest absolute Gasteiger partial charge is 0.162 e. The summed E-state index contributed by atoms with van der Waals surface area (Å²) in [5.41, 5.74) is 5.95. The third-order valence-electron chi connectivity index (χ3n) is 6.26. The summed E-state index contributed by atoms with van der Waals surface area (Å²) in [5, 5.41) is 7.92. The highest BCUT2D eigenvalue weighted by atomic mass is 19.1. The first-order valence-corrected chi connectivity index (χ1v) is 11.5. The van der Waals surface area contributed by atoms with Crippen LogP contribution in [0.4, 0.5) is 15.8 Å². The number of ether oxygens (including phenoxy) is 1. The van der Waals surface area contributed by atoms with Gasteiger partial charge in [-0.15, -0.1) is 0 Å². The molecule has 1 aliphatic rings. The number of aryl methyl sites for hydroxylation is 2. The van der Waals surface area contributed by atoms with Crippen molar-refractivity contribution < 1.29 is 9.13 Å². The third kappa shape index (κ3) is 3.88. The molecule has 2 aromatic carbocycles. The molecule has 176 valence electrons. The lowest BCUT2D eigenvalue weighted by Crippen LogP contribution is -2.01. The Morgan fingerprint density at radius 1 is 1.06 bits per heavy atom. The second kappa shape index (κ2) is 8.19. The fourth-order valence-electron chi connectivity index (χ4n) is 4.27. The van der Waals surface area contributed by atoms with E-state index >= 15 is 0 Å². The Morgan fingerprint density at radius 3 is 2.54 bits per heavy atom. The molecule has 35 heavy (non-hydrogen) atoms. The van der Waals surface area contributed by atoms with E-state index in [1.165, 1.54) is 12.1 Å². The number of aromatic nitrogens is 6. The molecule has 0 unspecified atom stereocenters. The molecule has 0 bridgehead atoms. The number of rotatable bonds is 6. The number of benzene rings is 2. The number of fused-ring (bicyclic) bond motifs is 1. The molecule has 1 saturated carbocycles. The van der Waals surface area contributed by atoms with Crippen molar-refractivity contribution in [2.45, 2.75) is 25.7 Å². The SMILES string of the molecule is COc1cc(Nc2cc(C3CC3)nc3c2nc(-c2ccc(F)cc2)n3C)ccc1-n1cnc(C)n1. The van der Waals surface area contributed by atoms with Crippen molar-refractivity contribution in [3.63, 3.8) is 0 Å². The molecule has 0 saturated heterocycles. The summed E-state index contributed by atoms with van der Waals surface area (Å²) in [5.74, 6) is 2.28. The van der Waals surface area contributed by atoms with Gasteiger partial charge in [-0.05, 0) is 62.2 Å².